The lowest BCUT2D eigenvalue weighted by Crippen LogP contribution is -2.34. The summed E-state index contributed by atoms with van der Waals surface area (Å²) >= 11 is 0. The summed E-state index contributed by atoms with van der Waals surface area (Å²) in [7, 11) is 1.79. The number of nitrogens with two attached hydrogens (primary N) is 1. The van der Waals surface area contributed by atoms with Crippen molar-refractivity contribution in [3.05, 3.63) is 29.3 Å². The van der Waals surface area contributed by atoms with Gasteiger partial charge in [0.25, 0.3) is 0 Å². The summed E-state index contributed by atoms with van der Waals surface area (Å²) in [4.78, 5) is 2.50. The highest BCUT2D eigenvalue weighted by molar-refractivity contribution is 5.48. The number of aryl methyl sites for hydroxylation is 1. The third-order valence-corrected chi connectivity index (χ3v) is 3.80. The molecule has 1 fully saturated rings. The summed E-state index contributed by atoms with van der Waals surface area (Å²) in [6.45, 7) is 6.31. The number of rotatable bonds is 4. The molecule has 1 saturated heterocycles. The van der Waals surface area contributed by atoms with Crippen molar-refractivity contribution >= 4 is 5.69 Å². The first-order valence-corrected chi connectivity index (χ1v) is 6.75. The van der Waals surface area contributed by atoms with Gasteiger partial charge < -0.3 is 10.5 Å². The molecule has 0 radical (unpaired) electrons. The van der Waals surface area contributed by atoms with Crippen molar-refractivity contribution in [1.82, 2.24) is 4.90 Å². The zero-order valence-corrected chi connectivity index (χ0v) is 11.5. The number of methoxy groups -OCH3 is 1. The Morgan fingerprint density at radius 3 is 2.72 bits per heavy atom. The first kappa shape index (κ1) is 13.4. The van der Waals surface area contributed by atoms with Crippen LogP contribution >= 0.6 is 0 Å². The smallest absolute Gasteiger partial charge is 0.0491 e. The highest BCUT2D eigenvalue weighted by Gasteiger charge is 2.19. The molecule has 0 unspecified atom stereocenters. The van der Waals surface area contributed by atoms with Gasteiger partial charge in [0.1, 0.15) is 0 Å². The van der Waals surface area contributed by atoms with Crippen molar-refractivity contribution in [2.24, 2.45) is 5.92 Å². The molecule has 0 bridgehead atoms. The predicted octanol–water partition coefficient (Wildman–Crippen LogP) is 2.44. The van der Waals surface area contributed by atoms with E-state index in [2.05, 4.69) is 24.0 Å². The first-order chi connectivity index (χ1) is 8.69. The average Bonchev–Trinajstić information content (AvgIpc) is 2.37. The van der Waals surface area contributed by atoms with Crippen LogP contribution in [0.3, 0.4) is 0 Å². The summed E-state index contributed by atoms with van der Waals surface area (Å²) in [6, 6.07) is 6.29. The maximum absolute atomic E-state index is 6.03. The molecular formula is C15H24N2O. The van der Waals surface area contributed by atoms with Crippen LogP contribution in [0.5, 0.6) is 0 Å². The second-order valence-corrected chi connectivity index (χ2v) is 5.38. The topological polar surface area (TPSA) is 38.5 Å². The van der Waals surface area contributed by atoms with E-state index in [1.165, 1.54) is 24.0 Å². The quantitative estimate of drug-likeness (QED) is 0.832. The Kier molecular flexibility index (Phi) is 4.61. The van der Waals surface area contributed by atoms with Gasteiger partial charge in [0.05, 0.1) is 0 Å². The molecule has 1 aromatic rings. The van der Waals surface area contributed by atoms with E-state index in [9.17, 15) is 0 Å². The van der Waals surface area contributed by atoms with E-state index in [1.54, 1.807) is 7.11 Å². The fourth-order valence-corrected chi connectivity index (χ4v) is 2.66. The lowest BCUT2D eigenvalue weighted by atomic mass is 9.97. The minimum absolute atomic E-state index is 0.737. The summed E-state index contributed by atoms with van der Waals surface area (Å²) in [6.07, 6.45) is 2.47. The van der Waals surface area contributed by atoms with E-state index in [4.69, 9.17) is 10.5 Å². The molecule has 1 heterocycles. The highest BCUT2D eigenvalue weighted by atomic mass is 16.5. The number of hydrogen-bond acceptors (Lipinski definition) is 3. The van der Waals surface area contributed by atoms with Gasteiger partial charge in [-0.3, -0.25) is 4.90 Å². The van der Waals surface area contributed by atoms with Gasteiger partial charge in [-0.25, -0.2) is 0 Å². The molecule has 1 aromatic carbocycles. The minimum Gasteiger partial charge on any atom is -0.398 e. The van der Waals surface area contributed by atoms with Crippen LogP contribution in [0.4, 0.5) is 5.69 Å². The van der Waals surface area contributed by atoms with Crippen LogP contribution in [0.2, 0.25) is 0 Å². The molecular weight excluding hydrogens is 224 g/mol. The van der Waals surface area contributed by atoms with Crippen LogP contribution in [-0.2, 0) is 11.3 Å². The highest BCUT2D eigenvalue weighted by Crippen LogP contribution is 2.21. The SMILES string of the molecule is COCC1CCN(Cc2cc(C)ccc2N)CC1. The Bertz CT molecular complexity index is 384. The van der Waals surface area contributed by atoms with Gasteiger partial charge in [-0.05, 0) is 50.4 Å². The molecule has 0 amide bonds. The zero-order chi connectivity index (χ0) is 13.0. The number of nitrogens with zero attached hydrogens (tertiary/aromatic N) is 1. The lowest BCUT2D eigenvalue weighted by molar-refractivity contribution is 0.0969. The van der Waals surface area contributed by atoms with Gasteiger partial charge in [-0.2, -0.15) is 0 Å². The van der Waals surface area contributed by atoms with Crippen LogP contribution in [-0.4, -0.2) is 31.7 Å². The maximum Gasteiger partial charge on any atom is 0.0491 e. The van der Waals surface area contributed by atoms with Crippen molar-refractivity contribution in [2.45, 2.75) is 26.3 Å². The lowest BCUT2D eigenvalue weighted by Gasteiger charge is -2.31. The maximum atomic E-state index is 6.03. The molecule has 2 rings (SSSR count). The van der Waals surface area contributed by atoms with E-state index in [1.807, 2.05) is 6.07 Å². The van der Waals surface area contributed by atoms with Crippen LogP contribution in [0.25, 0.3) is 0 Å². The third-order valence-electron chi connectivity index (χ3n) is 3.80. The molecule has 3 heteroatoms. The number of anilines is 1. The monoisotopic (exact) mass is 248 g/mol. The van der Waals surface area contributed by atoms with Crippen molar-refractivity contribution in [3.63, 3.8) is 0 Å². The molecule has 100 valence electrons. The third kappa shape index (κ3) is 3.47. The Labute approximate surface area is 110 Å². The summed E-state index contributed by atoms with van der Waals surface area (Å²) in [5, 5.41) is 0. The number of ether oxygens (including phenoxy) is 1. The Hall–Kier alpha value is -1.06. The molecule has 1 aliphatic rings. The van der Waals surface area contributed by atoms with Gasteiger partial charge in [0.2, 0.25) is 0 Å². The van der Waals surface area contributed by atoms with E-state index in [0.717, 1.165) is 37.8 Å². The van der Waals surface area contributed by atoms with Crippen LogP contribution in [0.1, 0.15) is 24.0 Å². The van der Waals surface area contributed by atoms with Crippen molar-refractivity contribution in [3.8, 4) is 0 Å². The van der Waals surface area contributed by atoms with Gasteiger partial charge in [0.15, 0.2) is 0 Å². The molecule has 0 aliphatic carbocycles. The van der Waals surface area contributed by atoms with E-state index < -0.39 is 0 Å². The molecule has 0 saturated carbocycles. The van der Waals surface area contributed by atoms with Crippen LogP contribution in [0, 0.1) is 12.8 Å². The second kappa shape index (κ2) is 6.21. The molecule has 0 aromatic heterocycles. The zero-order valence-electron chi connectivity index (χ0n) is 11.5. The van der Waals surface area contributed by atoms with Gasteiger partial charge in [-0.1, -0.05) is 17.7 Å². The minimum atomic E-state index is 0.737. The average molecular weight is 248 g/mol. The fraction of sp³-hybridized carbons (Fsp3) is 0.600. The molecule has 0 spiro atoms. The predicted molar refractivity (Wildman–Crippen MR) is 75.5 cm³/mol. The summed E-state index contributed by atoms with van der Waals surface area (Å²) < 4.78 is 5.23. The molecule has 1 aliphatic heterocycles. The standard InChI is InChI=1S/C15H24N2O/c1-12-3-4-15(16)14(9-12)10-17-7-5-13(6-8-17)11-18-2/h3-4,9,13H,5-8,10-11,16H2,1-2H3. The van der Waals surface area contributed by atoms with Gasteiger partial charge in [-0.15, -0.1) is 0 Å². The fourth-order valence-electron chi connectivity index (χ4n) is 2.66. The van der Waals surface area contributed by atoms with Crippen molar-refractivity contribution < 1.29 is 4.74 Å². The van der Waals surface area contributed by atoms with Crippen molar-refractivity contribution in [2.75, 3.05) is 32.5 Å². The molecule has 3 nitrogen and oxygen atoms in total. The largest absolute Gasteiger partial charge is 0.398 e. The number of benzene rings is 1. The number of nitrogen functional groups attached to an aromatic ring is 1. The molecule has 18 heavy (non-hydrogen) atoms. The van der Waals surface area contributed by atoms with Crippen molar-refractivity contribution in [1.29, 1.82) is 0 Å². The van der Waals surface area contributed by atoms with Crippen LogP contribution in [0.15, 0.2) is 18.2 Å². The second-order valence-electron chi connectivity index (χ2n) is 5.38. The van der Waals surface area contributed by atoms with Crippen LogP contribution < -0.4 is 5.73 Å². The first-order valence-electron chi connectivity index (χ1n) is 6.75. The Balaban J connectivity index is 1.89. The van der Waals surface area contributed by atoms with Gasteiger partial charge in [0, 0.05) is 25.9 Å². The Morgan fingerprint density at radius 1 is 1.33 bits per heavy atom. The van der Waals surface area contributed by atoms with E-state index in [-0.39, 0.29) is 0 Å². The van der Waals surface area contributed by atoms with E-state index in [0.29, 0.717) is 0 Å². The summed E-state index contributed by atoms with van der Waals surface area (Å²) in [5.41, 5.74) is 9.50. The molecule has 0 atom stereocenters. The molecule has 2 N–H and O–H groups in total. The van der Waals surface area contributed by atoms with Gasteiger partial charge >= 0.3 is 0 Å². The Morgan fingerprint density at radius 2 is 2.06 bits per heavy atom. The number of likely N-dealkylation sites (tertiary alicyclic amines) is 1. The number of piperidine rings is 1. The summed E-state index contributed by atoms with van der Waals surface area (Å²) in [5.74, 6) is 0.737. The number of hydrogen-bond donors (Lipinski definition) is 1. The normalized spacial score (nSPS) is 18.1. The van der Waals surface area contributed by atoms with E-state index >= 15 is 0 Å².